The van der Waals surface area contributed by atoms with E-state index in [1.54, 1.807) is 20.3 Å². The normalized spacial score (nSPS) is 15.3. The number of rotatable bonds is 6. The van der Waals surface area contributed by atoms with E-state index in [9.17, 15) is 9.59 Å². The summed E-state index contributed by atoms with van der Waals surface area (Å²) in [5, 5.41) is 5.72. The van der Waals surface area contributed by atoms with Crippen molar-refractivity contribution in [1.29, 1.82) is 0 Å². The number of methoxy groups -OCH3 is 2. The zero-order valence-electron chi connectivity index (χ0n) is 14.2. The van der Waals surface area contributed by atoms with Crippen LogP contribution in [-0.4, -0.2) is 26.0 Å². The summed E-state index contributed by atoms with van der Waals surface area (Å²) in [5.74, 6) is 1.01. The summed E-state index contributed by atoms with van der Waals surface area (Å²) in [6, 6.07) is 12.5. The number of nitrogens with one attached hydrogen (secondary N) is 2. The molecule has 0 saturated carbocycles. The van der Waals surface area contributed by atoms with Gasteiger partial charge in [-0.05, 0) is 23.8 Å². The highest BCUT2D eigenvalue weighted by atomic mass is 16.5. The molecular weight excluding hydrogens is 320 g/mol. The van der Waals surface area contributed by atoms with Gasteiger partial charge in [0.15, 0.2) is 0 Å². The molecule has 1 aliphatic heterocycles. The molecule has 3 rings (SSSR count). The summed E-state index contributed by atoms with van der Waals surface area (Å²) in [7, 11) is 3.15. The Morgan fingerprint density at radius 2 is 1.76 bits per heavy atom. The van der Waals surface area contributed by atoms with Gasteiger partial charge in [-0.15, -0.1) is 0 Å². The maximum absolute atomic E-state index is 12.3. The molecule has 0 unspecified atom stereocenters. The predicted molar refractivity (Wildman–Crippen MR) is 92.7 cm³/mol. The van der Waals surface area contributed by atoms with Gasteiger partial charge in [-0.3, -0.25) is 9.59 Å². The molecule has 0 fully saturated rings. The molecule has 2 amide bonds. The average molecular weight is 340 g/mol. The lowest BCUT2D eigenvalue weighted by molar-refractivity contribution is -0.121. The van der Waals surface area contributed by atoms with Gasteiger partial charge in [0, 0.05) is 5.56 Å². The second kappa shape index (κ2) is 7.25. The lowest BCUT2D eigenvalue weighted by atomic mass is 10.0. The molecule has 0 radical (unpaired) electrons. The van der Waals surface area contributed by atoms with Crippen LogP contribution in [0.5, 0.6) is 11.5 Å². The molecule has 0 aliphatic carbocycles. The van der Waals surface area contributed by atoms with Crippen molar-refractivity contribution in [3.8, 4) is 11.5 Å². The maximum atomic E-state index is 12.3. The SMILES string of the molecule is COc1cccc(OC)c1CNC(=O)C[C@@H]1NC(=O)c2ccccc21. The second-order valence-electron chi connectivity index (χ2n) is 5.74. The second-order valence-corrected chi connectivity index (χ2v) is 5.74. The lowest BCUT2D eigenvalue weighted by Gasteiger charge is -2.15. The van der Waals surface area contributed by atoms with Gasteiger partial charge in [-0.1, -0.05) is 24.3 Å². The third-order valence-electron chi connectivity index (χ3n) is 4.27. The van der Waals surface area contributed by atoms with Crippen molar-refractivity contribution in [3.05, 3.63) is 59.2 Å². The van der Waals surface area contributed by atoms with Crippen molar-refractivity contribution in [2.45, 2.75) is 19.0 Å². The molecule has 2 aromatic rings. The Labute approximate surface area is 146 Å². The van der Waals surface area contributed by atoms with E-state index in [-0.39, 0.29) is 30.8 Å². The fraction of sp³-hybridized carbons (Fsp3) is 0.263. The average Bonchev–Trinajstić information content (AvgIpc) is 2.95. The topological polar surface area (TPSA) is 76.7 Å². The molecule has 0 spiro atoms. The van der Waals surface area contributed by atoms with Crippen LogP contribution in [0, 0.1) is 0 Å². The van der Waals surface area contributed by atoms with Crippen LogP contribution in [0.2, 0.25) is 0 Å². The minimum absolute atomic E-state index is 0.139. The number of carbonyl (C=O) groups excluding carboxylic acids is 2. The first kappa shape index (κ1) is 16.8. The Morgan fingerprint density at radius 1 is 1.08 bits per heavy atom. The van der Waals surface area contributed by atoms with Crippen molar-refractivity contribution in [2.75, 3.05) is 14.2 Å². The molecule has 1 heterocycles. The molecule has 0 saturated heterocycles. The number of carbonyl (C=O) groups is 2. The van der Waals surface area contributed by atoms with E-state index in [0.717, 1.165) is 11.1 Å². The summed E-state index contributed by atoms with van der Waals surface area (Å²) in [6.07, 6.45) is 0.181. The van der Waals surface area contributed by atoms with Gasteiger partial charge < -0.3 is 20.1 Å². The maximum Gasteiger partial charge on any atom is 0.252 e. The van der Waals surface area contributed by atoms with Crippen molar-refractivity contribution in [1.82, 2.24) is 10.6 Å². The monoisotopic (exact) mass is 340 g/mol. The van der Waals surface area contributed by atoms with Gasteiger partial charge in [-0.25, -0.2) is 0 Å². The van der Waals surface area contributed by atoms with Crippen molar-refractivity contribution < 1.29 is 19.1 Å². The fourth-order valence-electron chi connectivity index (χ4n) is 3.03. The Balaban J connectivity index is 1.66. The minimum Gasteiger partial charge on any atom is -0.496 e. The summed E-state index contributed by atoms with van der Waals surface area (Å²) in [4.78, 5) is 24.3. The number of hydrogen-bond donors (Lipinski definition) is 2. The molecule has 1 atom stereocenters. The van der Waals surface area contributed by atoms with Crippen molar-refractivity contribution in [3.63, 3.8) is 0 Å². The summed E-state index contributed by atoms with van der Waals surface area (Å²) in [6.45, 7) is 0.286. The minimum atomic E-state index is -0.303. The van der Waals surface area contributed by atoms with E-state index < -0.39 is 0 Å². The first-order valence-corrected chi connectivity index (χ1v) is 8.00. The standard InChI is InChI=1S/C19H20N2O4/c1-24-16-8-5-9-17(25-2)14(16)11-20-18(22)10-15-12-6-3-4-7-13(12)19(23)21-15/h3-9,15H,10-11H2,1-2H3,(H,20,22)(H,21,23)/t15-/m0/s1. The molecule has 0 bridgehead atoms. The highest BCUT2D eigenvalue weighted by Gasteiger charge is 2.29. The van der Waals surface area contributed by atoms with E-state index in [1.165, 1.54) is 0 Å². The van der Waals surface area contributed by atoms with Crippen LogP contribution >= 0.6 is 0 Å². The Hall–Kier alpha value is -3.02. The van der Waals surface area contributed by atoms with Crippen LogP contribution < -0.4 is 20.1 Å². The molecular formula is C19H20N2O4. The van der Waals surface area contributed by atoms with Gasteiger partial charge in [-0.2, -0.15) is 0 Å². The highest BCUT2D eigenvalue weighted by molar-refractivity contribution is 5.99. The van der Waals surface area contributed by atoms with Gasteiger partial charge in [0.25, 0.3) is 5.91 Å². The Morgan fingerprint density at radius 3 is 2.44 bits per heavy atom. The number of ether oxygens (including phenoxy) is 2. The summed E-state index contributed by atoms with van der Waals surface area (Å²) in [5.41, 5.74) is 2.26. The van der Waals surface area contributed by atoms with E-state index >= 15 is 0 Å². The van der Waals surface area contributed by atoms with E-state index in [0.29, 0.717) is 17.1 Å². The first-order chi connectivity index (χ1) is 12.1. The largest absolute Gasteiger partial charge is 0.496 e. The Bertz CT molecular complexity index is 782. The molecule has 1 aliphatic rings. The van der Waals surface area contributed by atoms with E-state index in [2.05, 4.69) is 10.6 Å². The smallest absolute Gasteiger partial charge is 0.252 e. The van der Waals surface area contributed by atoms with Crippen LogP contribution in [0.25, 0.3) is 0 Å². The van der Waals surface area contributed by atoms with Gasteiger partial charge in [0.1, 0.15) is 11.5 Å². The quantitative estimate of drug-likeness (QED) is 0.845. The van der Waals surface area contributed by atoms with E-state index in [4.69, 9.17) is 9.47 Å². The number of hydrogen-bond acceptors (Lipinski definition) is 4. The van der Waals surface area contributed by atoms with Gasteiger partial charge in [0.2, 0.25) is 5.91 Å². The highest BCUT2D eigenvalue weighted by Crippen LogP contribution is 2.29. The first-order valence-electron chi connectivity index (χ1n) is 8.00. The molecule has 2 aromatic carbocycles. The van der Waals surface area contributed by atoms with Crippen molar-refractivity contribution in [2.24, 2.45) is 0 Å². The Kier molecular flexibility index (Phi) is 4.88. The van der Waals surface area contributed by atoms with Crippen LogP contribution in [0.4, 0.5) is 0 Å². The third-order valence-corrected chi connectivity index (χ3v) is 4.27. The van der Waals surface area contributed by atoms with Crippen LogP contribution in [0.15, 0.2) is 42.5 Å². The zero-order valence-corrected chi connectivity index (χ0v) is 14.2. The lowest BCUT2D eigenvalue weighted by Crippen LogP contribution is -2.29. The summed E-state index contributed by atoms with van der Waals surface area (Å²) >= 11 is 0. The number of benzene rings is 2. The predicted octanol–water partition coefficient (Wildman–Crippen LogP) is 2.19. The zero-order chi connectivity index (χ0) is 17.8. The van der Waals surface area contributed by atoms with Crippen LogP contribution in [-0.2, 0) is 11.3 Å². The third kappa shape index (κ3) is 3.42. The molecule has 25 heavy (non-hydrogen) atoms. The molecule has 0 aromatic heterocycles. The van der Waals surface area contributed by atoms with Crippen molar-refractivity contribution >= 4 is 11.8 Å². The van der Waals surface area contributed by atoms with Crippen LogP contribution in [0.3, 0.4) is 0 Å². The van der Waals surface area contributed by atoms with Gasteiger partial charge >= 0.3 is 0 Å². The number of fused-ring (bicyclic) bond motifs is 1. The molecule has 6 heteroatoms. The molecule has 130 valence electrons. The molecule has 2 N–H and O–H groups in total. The van der Waals surface area contributed by atoms with Crippen LogP contribution in [0.1, 0.15) is 33.9 Å². The van der Waals surface area contributed by atoms with Gasteiger partial charge in [0.05, 0.1) is 38.8 Å². The van der Waals surface area contributed by atoms with E-state index in [1.807, 2.05) is 36.4 Å². The molecule has 6 nitrogen and oxygen atoms in total. The number of amides is 2. The fourth-order valence-corrected chi connectivity index (χ4v) is 3.03. The summed E-state index contributed by atoms with van der Waals surface area (Å²) < 4.78 is 10.7.